The number of hydrogen-bond donors (Lipinski definition) is 3. The van der Waals surface area contributed by atoms with Gasteiger partial charge in [-0.15, -0.1) is 0 Å². The van der Waals surface area contributed by atoms with Gasteiger partial charge < -0.3 is 25.6 Å². The van der Waals surface area contributed by atoms with Gasteiger partial charge in [0.05, 0.1) is 23.4 Å². The minimum absolute atomic E-state index is 0.0814. The van der Waals surface area contributed by atoms with E-state index < -0.39 is 11.7 Å². The van der Waals surface area contributed by atoms with E-state index in [1.165, 1.54) is 12.4 Å². The van der Waals surface area contributed by atoms with E-state index in [9.17, 15) is 14.0 Å². The van der Waals surface area contributed by atoms with Crippen molar-refractivity contribution < 1.29 is 18.7 Å². The van der Waals surface area contributed by atoms with Gasteiger partial charge in [0.25, 0.3) is 0 Å². The van der Waals surface area contributed by atoms with Crippen LogP contribution in [0, 0.1) is 5.82 Å². The van der Waals surface area contributed by atoms with Crippen LogP contribution in [-0.2, 0) is 9.59 Å². The van der Waals surface area contributed by atoms with Gasteiger partial charge in [0, 0.05) is 28.4 Å². The molecule has 11 heteroatoms. The summed E-state index contributed by atoms with van der Waals surface area (Å²) in [6.45, 7) is 5.91. The van der Waals surface area contributed by atoms with Crippen LogP contribution in [0.25, 0.3) is 10.9 Å². The van der Waals surface area contributed by atoms with Crippen LogP contribution in [0.3, 0.4) is 0 Å². The van der Waals surface area contributed by atoms with Crippen LogP contribution in [0.2, 0.25) is 0 Å². The van der Waals surface area contributed by atoms with Crippen LogP contribution in [0.15, 0.2) is 53.8 Å². The maximum atomic E-state index is 14.4. The van der Waals surface area contributed by atoms with Crippen molar-refractivity contribution in [3.63, 3.8) is 0 Å². The Bertz CT molecular complexity index is 1270. The van der Waals surface area contributed by atoms with Gasteiger partial charge >= 0.3 is 0 Å². The molecule has 36 heavy (non-hydrogen) atoms. The van der Waals surface area contributed by atoms with Crippen molar-refractivity contribution in [3.05, 3.63) is 59.6 Å². The SMILES string of the molecule is C=CC(=O)Nc1cc2c(Nc3ccc(Br)cc3F)ncnc2cc1OCCNC(=O)CC(C)N(C)C. The molecule has 1 aromatic heterocycles. The zero-order valence-electron chi connectivity index (χ0n) is 20.3. The molecule has 0 saturated carbocycles. The Balaban J connectivity index is 1.81. The largest absolute Gasteiger partial charge is 0.489 e. The number of carbonyl (C=O) groups excluding carboxylic acids is 2. The predicted octanol–water partition coefficient (Wildman–Crippen LogP) is 4.23. The summed E-state index contributed by atoms with van der Waals surface area (Å²) in [7, 11) is 3.83. The van der Waals surface area contributed by atoms with Crippen molar-refractivity contribution in [2.75, 3.05) is 37.9 Å². The topological polar surface area (TPSA) is 108 Å². The smallest absolute Gasteiger partial charge is 0.247 e. The highest BCUT2D eigenvalue weighted by Crippen LogP contribution is 2.34. The van der Waals surface area contributed by atoms with E-state index in [4.69, 9.17) is 4.74 Å². The molecule has 1 heterocycles. The average Bonchev–Trinajstić information content (AvgIpc) is 2.83. The summed E-state index contributed by atoms with van der Waals surface area (Å²) in [6.07, 6.45) is 2.85. The molecule has 3 rings (SSSR count). The van der Waals surface area contributed by atoms with Crippen LogP contribution in [0.5, 0.6) is 5.75 Å². The first-order valence-electron chi connectivity index (χ1n) is 11.2. The standard InChI is InChI=1S/C25H28BrFN6O3/c1-5-23(34)31-21-12-17-20(13-22(21)36-9-8-28-24(35)10-15(2)33(3)4)29-14-30-25(17)32-19-7-6-16(26)11-18(19)27/h5-7,11-15H,1,8-10H2,2-4H3,(H,28,35)(H,31,34)(H,29,30,32). The number of amides is 2. The highest BCUT2D eigenvalue weighted by molar-refractivity contribution is 9.10. The number of ether oxygens (including phenoxy) is 1. The molecule has 1 atom stereocenters. The minimum atomic E-state index is -0.460. The predicted molar refractivity (Wildman–Crippen MR) is 142 cm³/mol. The molecule has 0 spiro atoms. The lowest BCUT2D eigenvalue weighted by atomic mass is 10.1. The number of nitrogens with one attached hydrogen (secondary N) is 3. The number of hydrogen-bond acceptors (Lipinski definition) is 7. The third kappa shape index (κ3) is 7.22. The lowest BCUT2D eigenvalue weighted by molar-refractivity contribution is -0.122. The fourth-order valence-electron chi connectivity index (χ4n) is 3.18. The van der Waals surface area contributed by atoms with Gasteiger partial charge in [-0.2, -0.15) is 0 Å². The van der Waals surface area contributed by atoms with Crippen molar-refractivity contribution in [2.24, 2.45) is 0 Å². The molecule has 0 radical (unpaired) electrons. The Kier molecular flexibility index (Phi) is 9.31. The second-order valence-corrected chi connectivity index (χ2v) is 9.16. The number of carbonyl (C=O) groups is 2. The minimum Gasteiger partial charge on any atom is -0.489 e. The number of anilines is 3. The van der Waals surface area contributed by atoms with E-state index in [2.05, 4.69) is 48.4 Å². The zero-order chi connectivity index (χ0) is 26.2. The van der Waals surface area contributed by atoms with Crippen molar-refractivity contribution in [2.45, 2.75) is 19.4 Å². The van der Waals surface area contributed by atoms with E-state index in [-0.39, 0.29) is 30.8 Å². The van der Waals surface area contributed by atoms with Crippen LogP contribution < -0.4 is 20.7 Å². The van der Waals surface area contributed by atoms with Crippen LogP contribution in [-0.4, -0.2) is 60.0 Å². The van der Waals surface area contributed by atoms with E-state index in [0.717, 1.165) is 6.08 Å². The third-order valence-corrected chi connectivity index (χ3v) is 5.90. The van der Waals surface area contributed by atoms with Gasteiger partial charge in [-0.05, 0) is 51.4 Å². The summed E-state index contributed by atoms with van der Waals surface area (Å²) in [5.41, 5.74) is 1.10. The van der Waals surface area contributed by atoms with Crippen LogP contribution >= 0.6 is 15.9 Å². The molecule has 1 unspecified atom stereocenters. The van der Waals surface area contributed by atoms with Crippen molar-refractivity contribution in [1.82, 2.24) is 20.2 Å². The average molecular weight is 559 g/mol. The normalized spacial score (nSPS) is 11.7. The number of fused-ring (bicyclic) bond motifs is 1. The summed E-state index contributed by atoms with van der Waals surface area (Å²) < 4.78 is 20.9. The summed E-state index contributed by atoms with van der Waals surface area (Å²) in [6, 6.07) is 8.03. The van der Waals surface area contributed by atoms with Crippen molar-refractivity contribution >= 4 is 55.8 Å². The lowest BCUT2D eigenvalue weighted by Crippen LogP contribution is -2.34. The Morgan fingerprint density at radius 3 is 2.69 bits per heavy atom. The number of halogens is 2. The van der Waals surface area contributed by atoms with Gasteiger partial charge in [0.15, 0.2) is 0 Å². The van der Waals surface area contributed by atoms with Gasteiger partial charge in [0.1, 0.15) is 30.3 Å². The molecule has 3 aromatic rings. The van der Waals surface area contributed by atoms with Gasteiger partial charge in [-0.3, -0.25) is 9.59 Å². The molecule has 9 nitrogen and oxygen atoms in total. The molecular formula is C25H28BrFN6O3. The second kappa shape index (κ2) is 12.4. The molecule has 2 amide bonds. The Labute approximate surface area is 217 Å². The summed E-state index contributed by atoms with van der Waals surface area (Å²) in [5.74, 6) is -0.270. The van der Waals surface area contributed by atoms with Crippen LogP contribution in [0.4, 0.5) is 21.6 Å². The van der Waals surface area contributed by atoms with E-state index in [0.29, 0.717) is 39.1 Å². The van der Waals surface area contributed by atoms with Gasteiger partial charge in [-0.25, -0.2) is 14.4 Å². The molecule has 0 aliphatic heterocycles. The molecular weight excluding hydrogens is 531 g/mol. The first kappa shape index (κ1) is 27.0. The Morgan fingerprint density at radius 1 is 1.22 bits per heavy atom. The highest BCUT2D eigenvalue weighted by Gasteiger charge is 2.15. The van der Waals surface area contributed by atoms with E-state index >= 15 is 0 Å². The maximum Gasteiger partial charge on any atom is 0.247 e. The van der Waals surface area contributed by atoms with E-state index in [1.54, 1.807) is 24.3 Å². The molecule has 2 aromatic carbocycles. The molecule has 190 valence electrons. The molecule has 0 saturated heterocycles. The van der Waals surface area contributed by atoms with Crippen molar-refractivity contribution in [1.29, 1.82) is 0 Å². The first-order valence-corrected chi connectivity index (χ1v) is 12.0. The number of aromatic nitrogens is 2. The van der Waals surface area contributed by atoms with Gasteiger partial charge in [-0.1, -0.05) is 22.5 Å². The summed E-state index contributed by atoms with van der Waals surface area (Å²) in [5, 5.41) is 9.05. The summed E-state index contributed by atoms with van der Waals surface area (Å²) in [4.78, 5) is 34.7. The highest BCUT2D eigenvalue weighted by atomic mass is 79.9. The Morgan fingerprint density at radius 2 is 2.00 bits per heavy atom. The quantitative estimate of drug-likeness (QED) is 0.238. The lowest BCUT2D eigenvalue weighted by Gasteiger charge is -2.19. The number of nitrogens with zero attached hydrogens (tertiary/aromatic N) is 3. The molecule has 0 bridgehead atoms. The third-order valence-electron chi connectivity index (χ3n) is 5.41. The maximum absolute atomic E-state index is 14.4. The van der Waals surface area contributed by atoms with Gasteiger partial charge in [0.2, 0.25) is 11.8 Å². The molecule has 0 aliphatic rings. The zero-order valence-corrected chi connectivity index (χ0v) is 21.9. The fraction of sp³-hybridized carbons (Fsp3) is 0.280. The fourth-order valence-corrected chi connectivity index (χ4v) is 3.51. The molecule has 3 N–H and O–H groups in total. The Hall–Kier alpha value is -3.57. The van der Waals surface area contributed by atoms with Crippen molar-refractivity contribution in [3.8, 4) is 5.75 Å². The monoisotopic (exact) mass is 558 g/mol. The first-order chi connectivity index (χ1) is 17.2. The van der Waals surface area contributed by atoms with E-state index in [1.807, 2.05) is 25.9 Å². The summed E-state index contributed by atoms with van der Waals surface area (Å²) >= 11 is 3.24. The molecule has 0 fully saturated rings. The van der Waals surface area contributed by atoms with Crippen LogP contribution in [0.1, 0.15) is 13.3 Å². The second-order valence-electron chi connectivity index (χ2n) is 8.25. The molecule has 0 aliphatic carbocycles. The number of rotatable bonds is 11. The number of benzene rings is 2.